The molecule has 1 aliphatic rings. The molecule has 29 heavy (non-hydrogen) atoms. The molecule has 1 heterocycles. The van der Waals surface area contributed by atoms with Crippen LogP contribution < -0.4 is 4.90 Å². The fourth-order valence-corrected chi connectivity index (χ4v) is 4.16. The highest BCUT2D eigenvalue weighted by molar-refractivity contribution is 9.10. The number of aryl methyl sites for hydroxylation is 1. The first-order valence-electron chi connectivity index (χ1n) is 9.37. The van der Waals surface area contributed by atoms with Gasteiger partial charge in [-0.2, -0.15) is 0 Å². The second-order valence-corrected chi connectivity index (χ2v) is 8.28. The van der Waals surface area contributed by atoms with Gasteiger partial charge >= 0.3 is 0 Å². The zero-order chi connectivity index (χ0) is 20.6. The SMILES string of the molecule is Cc1cccc(CN2C(=O)[C@@](O)(CC(=O)c3ccccc3)c3cc(Br)ccc32)c1. The van der Waals surface area contributed by atoms with Gasteiger partial charge < -0.3 is 10.0 Å². The van der Waals surface area contributed by atoms with Crippen molar-refractivity contribution in [1.29, 1.82) is 0 Å². The molecule has 3 aromatic carbocycles. The van der Waals surface area contributed by atoms with Gasteiger partial charge in [0, 0.05) is 15.6 Å². The molecule has 0 aliphatic carbocycles. The predicted octanol–water partition coefficient (Wildman–Crippen LogP) is 4.76. The summed E-state index contributed by atoms with van der Waals surface area (Å²) in [5, 5.41) is 11.4. The van der Waals surface area contributed by atoms with Crippen LogP contribution in [-0.4, -0.2) is 16.8 Å². The van der Waals surface area contributed by atoms with E-state index in [1.165, 1.54) is 0 Å². The average molecular weight is 450 g/mol. The molecule has 1 atom stereocenters. The Morgan fingerprint density at radius 1 is 1.03 bits per heavy atom. The number of hydrogen-bond donors (Lipinski definition) is 1. The standard InChI is InChI=1S/C24H20BrNO3/c1-16-6-5-7-17(12-16)15-26-21-11-10-19(25)13-20(21)24(29,23(26)28)14-22(27)18-8-3-2-4-9-18/h2-13,29H,14-15H2,1H3/t24-/m1/s1. The van der Waals surface area contributed by atoms with E-state index in [9.17, 15) is 14.7 Å². The van der Waals surface area contributed by atoms with Crippen molar-refractivity contribution >= 4 is 33.3 Å². The predicted molar refractivity (Wildman–Crippen MR) is 116 cm³/mol. The van der Waals surface area contributed by atoms with Crippen molar-refractivity contribution in [3.63, 3.8) is 0 Å². The zero-order valence-electron chi connectivity index (χ0n) is 15.9. The molecule has 1 amide bonds. The first-order chi connectivity index (χ1) is 13.9. The molecule has 0 spiro atoms. The summed E-state index contributed by atoms with van der Waals surface area (Å²) in [5.41, 5.74) is 1.72. The number of anilines is 1. The highest BCUT2D eigenvalue weighted by Crippen LogP contribution is 2.44. The molecule has 4 nitrogen and oxygen atoms in total. The van der Waals surface area contributed by atoms with Crippen LogP contribution in [0, 0.1) is 6.92 Å². The maximum absolute atomic E-state index is 13.4. The highest BCUT2D eigenvalue weighted by Gasteiger charge is 2.51. The zero-order valence-corrected chi connectivity index (χ0v) is 17.5. The van der Waals surface area contributed by atoms with Gasteiger partial charge in [0.25, 0.3) is 5.91 Å². The minimum absolute atomic E-state index is 0.273. The molecule has 0 aromatic heterocycles. The lowest BCUT2D eigenvalue weighted by Gasteiger charge is -2.23. The summed E-state index contributed by atoms with van der Waals surface area (Å²) < 4.78 is 0.743. The summed E-state index contributed by atoms with van der Waals surface area (Å²) in [6.07, 6.45) is -0.302. The molecule has 146 valence electrons. The Bertz CT molecular complexity index is 1100. The number of Topliss-reactive ketones (excluding diaryl/α,β-unsaturated/α-hetero) is 1. The molecule has 0 fully saturated rings. The second kappa shape index (κ2) is 7.58. The van der Waals surface area contributed by atoms with Crippen LogP contribution in [0.1, 0.15) is 33.5 Å². The Hall–Kier alpha value is -2.76. The number of carbonyl (C=O) groups is 2. The average Bonchev–Trinajstić information content (AvgIpc) is 2.90. The van der Waals surface area contributed by atoms with Gasteiger partial charge in [0.15, 0.2) is 11.4 Å². The van der Waals surface area contributed by atoms with E-state index >= 15 is 0 Å². The van der Waals surface area contributed by atoms with Gasteiger partial charge in [0.2, 0.25) is 0 Å². The third kappa shape index (κ3) is 3.63. The number of fused-ring (bicyclic) bond motifs is 1. The van der Waals surface area contributed by atoms with Crippen molar-refractivity contribution in [3.8, 4) is 0 Å². The number of benzene rings is 3. The highest BCUT2D eigenvalue weighted by atomic mass is 79.9. The molecule has 0 saturated heterocycles. The number of hydrogen-bond acceptors (Lipinski definition) is 3. The van der Waals surface area contributed by atoms with E-state index in [0.29, 0.717) is 23.4 Å². The van der Waals surface area contributed by atoms with Gasteiger partial charge in [-0.25, -0.2) is 0 Å². The Morgan fingerprint density at radius 2 is 1.79 bits per heavy atom. The Kier molecular flexibility index (Phi) is 5.11. The van der Waals surface area contributed by atoms with E-state index in [-0.39, 0.29) is 12.2 Å². The molecule has 5 heteroatoms. The van der Waals surface area contributed by atoms with Gasteiger partial charge in [-0.05, 0) is 30.7 Å². The van der Waals surface area contributed by atoms with Crippen LogP contribution in [0.25, 0.3) is 0 Å². The second-order valence-electron chi connectivity index (χ2n) is 7.37. The first-order valence-corrected chi connectivity index (χ1v) is 10.2. The van der Waals surface area contributed by atoms with Gasteiger partial charge in [-0.3, -0.25) is 9.59 Å². The van der Waals surface area contributed by atoms with E-state index in [1.54, 1.807) is 41.3 Å². The molecule has 0 unspecified atom stereocenters. The van der Waals surface area contributed by atoms with E-state index in [2.05, 4.69) is 15.9 Å². The maximum atomic E-state index is 13.4. The van der Waals surface area contributed by atoms with Crippen molar-refractivity contribution in [1.82, 2.24) is 0 Å². The molecule has 1 aliphatic heterocycles. The van der Waals surface area contributed by atoms with Crippen LogP contribution in [0.3, 0.4) is 0 Å². The minimum Gasteiger partial charge on any atom is -0.375 e. The van der Waals surface area contributed by atoms with Crippen molar-refractivity contribution < 1.29 is 14.7 Å². The van der Waals surface area contributed by atoms with Crippen molar-refractivity contribution in [3.05, 3.63) is 99.5 Å². The third-order valence-corrected chi connectivity index (χ3v) is 5.72. The van der Waals surface area contributed by atoms with Gasteiger partial charge in [-0.1, -0.05) is 76.1 Å². The number of aliphatic hydroxyl groups is 1. The summed E-state index contributed by atoms with van der Waals surface area (Å²) in [7, 11) is 0. The van der Waals surface area contributed by atoms with E-state index in [1.807, 2.05) is 43.3 Å². The van der Waals surface area contributed by atoms with Crippen LogP contribution >= 0.6 is 15.9 Å². The normalized spacial score (nSPS) is 18.0. The smallest absolute Gasteiger partial charge is 0.264 e. The van der Waals surface area contributed by atoms with Crippen LogP contribution in [-0.2, 0) is 16.9 Å². The number of halogens is 1. The van der Waals surface area contributed by atoms with Crippen LogP contribution in [0.2, 0.25) is 0 Å². The summed E-state index contributed by atoms with van der Waals surface area (Å²) in [4.78, 5) is 27.7. The Balaban J connectivity index is 1.72. The van der Waals surface area contributed by atoms with Gasteiger partial charge in [0.05, 0.1) is 18.7 Å². The third-order valence-electron chi connectivity index (χ3n) is 5.23. The summed E-state index contributed by atoms with van der Waals surface area (Å²) in [5.74, 6) is -0.749. The number of amides is 1. The fourth-order valence-electron chi connectivity index (χ4n) is 3.80. The fraction of sp³-hybridized carbons (Fsp3) is 0.167. The quantitative estimate of drug-likeness (QED) is 0.570. The van der Waals surface area contributed by atoms with Crippen molar-refractivity contribution in [2.45, 2.75) is 25.5 Å². The van der Waals surface area contributed by atoms with E-state index < -0.39 is 11.5 Å². The maximum Gasteiger partial charge on any atom is 0.264 e. The molecule has 0 radical (unpaired) electrons. The molecule has 0 saturated carbocycles. The Morgan fingerprint density at radius 3 is 2.52 bits per heavy atom. The molecule has 1 N–H and O–H groups in total. The van der Waals surface area contributed by atoms with Gasteiger partial charge in [-0.15, -0.1) is 0 Å². The monoisotopic (exact) mass is 449 g/mol. The molecule has 0 bridgehead atoms. The van der Waals surface area contributed by atoms with Crippen LogP contribution in [0.15, 0.2) is 77.3 Å². The first kappa shape index (κ1) is 19.6. The lowest BCUT2D eigenvalue weighted by Crippen LogP contribution is -2.41. The molecule has 4 rings (SSSR count). The number of carbonyl (C=O) groups excluding carboxylic acids is 2. The molecular formula is C24H20BrNO3. The topological polar surface area (TPSA) is 57.6 Å². The van der Waals surface area contributed by atoms with Crippen LogP contribution in [0.4, 0.5) is 5.69 Å². The lowest BCUT2D eigenvalue weighted by atomic mass is 9.88. The summed E-state index contributed by atoms with van der Waals surface area (Å²) in [6, 6.07) is 22.0. The van der Waals surface area contributed by atoms with Crippen molar-refractivity contribution in [2.75, 3.05) is 4.90 Å². The molecule has 3 aromatic rings. The van der Waals surface area contributed by atoms with Crippen LogP contribution in [0.5, 0.6) is 0 Å². The number of ketones is 1. The molecular weight excluding hydrogens is 430 g/mol. The summed E-state index contributed by atoms with van der Waals surface area (Å²) in [6.45, 7) is 2.33. The number of rotatable bonds is 5. The lowest BCUT2D eigenvalue weighted by molar-refractivity contribution is -0.136. The Labute approximate surface area is 177 Å². The van der Waals surface area contributed by atoms with Crippen molar-refractivity contribution in [2.24, 2.45) is 0 Å². The van der Waals surface area contributed by atoms with E-state index in [0.717, 1.165) is 15.6 Å². The largest absolute Gasteiger partial charge is 0.375 e. The van der Waals surface area contributed by atoms with Gasteiger partial charge in [0.1, 0.15) is 0 Å². The summed E-state index contributed by atoms with van der Waals surface area (Å²) >= 11 is 3.42. The minimum atomic E-state index is -1.89. The number of nitrogens with zero attached hydrogens (tertiary/aromatic N) is 1. The van der Waals surface area contributed by atoms with E-state index in [4.69, 9.17) is 0 Å².